The van der Waals surface area contributed by atoms with Crippen LogP contribution in [0.25, 0.3) is 0 Å². The second kappa shape index (κ2) is 6.89. The van der Waals surface area contributed by atoms with Crippen LogP contribution in [0.15, 0.2) is 4.99 Å². The van der Waals surface area contributed by atoms with E-state index < -0.39 is 17.7 Å². The first kappa shape index (κ1) is 17.1. The molecule has 6 nitrogen and oxygen atoms in total. The number of hydrogen-bond donors (Lipinski definition) is 0. The van der Waals surface area contributed by atoms with Crippen molar-refractivity contribution in [2.75, 3.05) is 31.1 Å². The average molecular weight is 327 g/mol. The molecule has 0 N–H and O–H groups in total. The Kier molecular flexibility index (Phi) is 5.36. The molecule has 2 amide bonds. The van der Waals surface area contributed by atoms with Gasteiger partial charge >= 0.3 is 6.09 Å². The first-order chi connectivity index (χ1) is 10.3. The van der Waals surface area contributed by atoms with Gasteiger partial charge in [-0.2, -0.15) is 11.8 Å². The number of likely N-dealkylation sites (tertiary alicyclic amines) is 1. The molecule has 2 fully saturated rings. The van der Waals surface area contributed by atoms with E-state index in [4.69, 9.17) is 4.74 Å². The Morgan fingerprint density at radius 2 is 1.91 bits per heavy atom. The summed E-state index contributed by atoms with van der Waals surface area (Å²) < 4.78 is 5.43. The van der Waals surface area contributed by atoms with Crippen molar-refractivity contribution in [3.05, 3.63) is 0 Å². The van der Waals surface area contributed by atoms with Crippen LogP contribution in [-0.2, 0) is 9.53 Å². The van der Waals surface area contributed by atoms with Gasteiger partial charge in [0.1, 0.15) is 11.6 Å². The van der Waals surface area contributed by atoms with Crippen molar-refractivity contribution in [3.63, 3.8) is 0 Å². The highest BCUT2D eigenvalue weighted by atomic mass is 32.2. The van der Waals surface area contributed by atoms with E-state index in [0.717, 1.165) is 24.6 Å². The molecule has 0 spiro atoms. The summed E-state index contributed by atoms with van der Waals surface area (Å²) in [5.41, 5.74) is -0.577. The quantitative estimate of drug-likeness (QED) is 0.723. The zero-order valence-electron chi connectivity index (χ0n) is 13.6. The molecule has 0 unspecified atom stereocenters. The van der Waals surface area contributed by atoms with Crippen molar-refractivity contribution >= 4 is 30.5 Å². The molecule has 0 radical (unpaired) electrons. The summed E-state index contributed by atoms with van der Waals surface area (Å²) in [7, 11) is 0. The van der Waals surface area contributed by atoms with Gasteiger partial charge < -0.3 is 9.64 Å². The van der Waals surface area contributed by atoms with Crippen LogP contribution in [0.2, 0.25) is 0 Å². The summed E-state index contributed by atoms with van der Waals surface area (Å²) in [5.74, 6) is 1.92. The molecule has 0 aromatic rings. The van der Waals surface area contributed by atoms with Gasteiger partial charge in [0.15, 0.2) is 0 Å². The molecule has 0 aromatic heterocycles. The Labute approximate surface area is 136 Å². The van der Waals surface area contributed by atoms with Crippen LogP contribution in [0.3, 0.4) is 0 Å². The first-order valence-electron chi connectivity index (χ1n) is 7.64. The predicted octanol–water partition coefficient (Wildman–Crippen LogP) is 1.64. The Morgan fingerprint density at radius 3 is 2.45 bits per heavy atom. The van der Waals surface area contributed by atoms with E-state index in [0.29, 0.717) is 13.0 Å². The highest BCUT2D eigenvalue weighted by Crippen LogP contribution is 2.25. The fourth-order valence-electron chi connectivity index (χ4n) is 2.70. The zero-order valence-corrected chi connectivity index (χ0v) is 14.4. The van der Waals surface area contributed by atoms with Crippen molar-refractivity contribution in [1.82, 2.24) is 9.80 Å². The molecule has 0 saturated carbocycles. The summed E-state index contributed by atoms with van der Waals surface area (Å²) in [6, 6.07) is -0.575. The zero-order chi connectivity index (χ0) is 16.3. The fourth-order valence-corrected chi connectivity index (χ4v) is 3.60. The van der Waals surface area contributed by atoms with Gasteiger partial charge in [0.2, 0.25) is 5.91 Å². The third-order valence-electron chi connectivity index (χ3n) is 3.77. The van der Waals surface area contributed by atoms with Gasteiger partial charge in [0, 0.05) is 37.6 Å². The smallest absolute Gasteiger partial charge is 0.411 e. The van der Waals surface area contributed by atoms with Crippen molar-refractivity contribution < 1.29 is 14.3 Å². The predicted molar refractivity (Wildman–Crippen MR) is 88.6 cm³/mol. The highest BCUT2D eigenvalue weighted by molar-refractivity contribution is 7.99. The molecule has 2 aliphatic heterocycles. The van der Waals surface area contributed by atoms with E-state index in [-0.39, 0.29) is 11.9 Å². The number of carbonyl (C=O) groups is 2. The maximum Gasteiger partial charge on any atom is 0.411 e. The van der Waals surface area contributed by atoms with Gasteiger partial charge in [-0.15, -0.1) is 0 Å². The molecule has 2 heterocycles. The lowest BCUT2D eigenvalue weighted by atomic mass is 10.1. The van der Waals surface area contributed by atoms with Crippen LogP contribution in [0.1, 0.15) is 27.2 Å². The molecule has 124 valence electrons. The molecule has 2 atom stereocenters. The molecule has 0 aromatic carbocycles. The molecular formula is C15H25N3O3S. The van der Waals surface area contributed by atoms with Crippen molar-refractivity contribution in [2.24, 2.45) is 4.99 Å². The minimum atomic E-state index is -0.577. The molecule has 0 aliphatic carbocycles. The third kappa shape index (κ3) is 4.15. The summed E-state index contributed by atoms with van der Waals surface area (Å²) in [4.78, 5) is 32.5. The van der Waals surface area contributed by atoms with E-state index >= 15 is 0 Å². The number of ether oxygens (including phenoxy) is 1. The van der Waals surface area contributed by atoms with E-state index in [1.165, 1.54) is 4.90 Å². The normalized spacial score (nSPS) is 26.0. The molecular weight excluding hydrogens is 302 g/mol. The summed E-state index contributed by atoms with van der Waals surface area (Å²) >= 11 is 1.85. The van der Waals surface area contributed by atoms with Gasteiger partial charge in [0.05, 0.1) is 6.04 Å². The van der Waals surface area contributed by atoms with E-state index in [9.17, 15) is 9.59 Å². The van der Waals surface area contributed by atoms with Gasteiger partial charge in [-0.3, -0.25) is 14.7 Å². The molecule has 0 bridgehead atoms. The van der Waals surface area contributed by atoms with E-state index in [2.05, 4.69) is 11.7 Å². The Hall–Kier alpha value is -1.24. The van der Waals surface area contributed by atoms with Gasteiger partial charge in [0.25, 0.3) is 0 Å². The standard InChI is InChI=1S/C15H25N3O3S/c1-15(2,3)21-14(20)18-10-11(16-4)9-12(18)13(19)17-5-7-22-8-6-17/h11-12H,4-10H2,1-3H3/t11-,12-/m0/s1. The van der Waals surface area contributed by atoms with Crippen molar-refractivity contribution in [2.45, 2.75) is 44.9 Å². The summed E-state index contributed by atoms with van der Waals surface area (Å²) in [5, 5.41) is 0. The monoisotopic (exact) mass is 327 g/mol. The number of nitrogens with zero attached hydrogens (tertiary/aromatic N) is 3. The number of amides is 2. The number of rotatable bonds is 2. The molecule has 2 saturated heterocycles. The first-order valence-corrected chi connectivity index (χ1v) is 8.79. The number of hydrogen-bond acceptors (Lipinski definition) is 5. The Morgan fingerprint density at radius 1 is 1.27 bits per heavy atom. The largest absolute Gasteiger partial charge is 0.444 e. The van der Waals surface area contributed by atoms with Gasteiger partial charge in [-0.05, 0) is 27.5 Å². The van der Waals surface area contributed by atoms with E-state index in [1.54, 1.807) is 0 Å². The SMILES string of the molecule is C=N[C@H]1C[C@@H](C(=O)N2CCSCC2)N(C(=O)OC(C)(C)C)C1. The fraction of sp³-hybridized carbons (Fsp3) is 0.800. The van der Waals surface area contributed by atoms with Crippen LogP contribution in [0.5, 0.6) is 0 Å². The topological polar surface area (TPSA) is 62.2 Å². The molecule has 2 aliphatic rings. The minimum absolute atomic E-state index is 0.0114. The minimum Gasteiger partial charge on any atom is -0.444 e. The second-order valence-corrected chi connectivity index (χ2v) is 7.88. The lowest BCUT2D eigenvalue weighted by Crippen LogP contribution is -2.50. The van der Waals surface area contributed by atoms with E-state index in [1.807, 2.05) is 37.4 Å². The van der Waals surface area contributed by atoms with Crippen LogP contribution in [-0.4, -0.2) is 77.3 Å². The highest BCUT2D eigenvalue weighted by Gasteiger charge is 2.42. The maximum atomic E-state index is 12.7. The average Bonchev–Trinajstić information content (AvgIpc) is 2.90. The second-order valence-electron chi connectivity index (χ2n) is 6.66. The Bertz CT molecular complexity index is 444. The lowest BCUT2D eigenvalue weighted by molar-refractivity contribution is -0.135. The third-order valence-corrected chi connectivity index (χ3v) is 4.72. The van der Waals surface area contributed by atoms with Gasteiger partial charge in [-0.25, -0.2) is 4.79 Å². The Balaban J connectivity index is 2.09. The lowest BCUT2D eigenvalue weighted by Gasteiger charge is -2.33. The maximum absolute atomic E-state index is 12.7. The number of carbonyl (C=O) groups excluding carboxylic acids is 2. The van der Waals surface area contributed by atoms with Crippen molar-refractivity contribution in [3.8, 4) is 0 Å². The van der Waals surface area contributed by atoms with Crippen LogP contribution in [0.4, 0.5) is 4.79 Å². The summed E-state index contributed by atoms with van der Waals surface area (Å²) in [6.45, 7) is 10.9. The van der Waals surface area contributed by atoms with Crippen LogP contribution in [0, 0.1) is 0 Å². The molecule has 22 heavy (non-hydrogen) atoms. The number of aliphatic imine (C=N–C) groups is 1. The number of thioether (sulfide) groups is 1. The van der Waals surface area contributed by atoms with Crippen LogP contribution < -0.4 is 0 Å². The molecule has 7 heteroatoms. The van der Waals surface area contributed by atoms with Crippen molar-refractivity contribution in [1.29, 1.82) is 0 Å². The van der Waals surface area contributed by atoms with Crippen LogP contribution >= 0.6 is 11.8 Å². The summed E-state index contributed by atoms with van der Waals surface area (Å²) in [6.07, 6.45) is 0.0916. The van der Waals surface area contributed by atoms with Gasteiger partial charge in [-0.1, -0.05) is 0 Å². The molecule has 2 rings (SSSR count).